The molecule has 0 fully saturated rings. The van der Waals surface area contributed by atoms with Crippen LogP contribution in [0.1, 0.15) is 17.3 Å². The first-order valence-electron chi connectivity index (χ1n) is 5.02. The van der Waals surface area contributed by atoms with E-state index in [0.717, 1.165) is 3.57 Å². The van der Waals surface area contributed by atoms with Gasteiger partial charge in [-0.2, -0.15) is 0 Å². The molecule has 16 heavy (non-hydrogen) atoms. The van der Waals surface area contributed by atoms with E-state index in [2.05, 4.69) is 22.6 Å². The zero-order chi connectivity index (χ0) is 12.0. The molecule has 0 aliphatic rings. The van der Waals surface area contributed by atoms with Gasteiger partial charge < -0.3 is 9.47 Å². The fraction of sp³-hybridized carbons (Fsp3) is 0.417. The van der Waals surface area contributed by atoms with E-state index >= 15 is 0 Å². The molecule has 1 aromatic carbocycles. The van der Waals surface area contributed by atoms with Gasteiger partial charge in [-0.3, -0.25) is 4.79 Å². The van der Waals surface area contributed by atoms with Crippen LogP contribution in [0, 0.1) is 3.57 Å². The highest BCUT2D eigenvalue weighted by atomic mass is 127. The summed E-state index contributed by atoms with van der Waals surface area (Å²) in [6.07, 6.45) is -0.0576. The monoisotopic (exact) mass is 334 g/mol. The van der Waals surface area contributed by atoms with Crippen molar-refractivity contribution in [1.29, 1.82) is 0 Å². The van der Waals surface area contributed by atoms with Crippen LogP contribution in [0.2, 0.25) is 0 Å². The summed E-state index contributed by atoms with van der Waals surface area (Å²) >= 11 is 2.20. The number of carbonyl (C=O) groups excluding carboxylic acids is 1. The quantitative estimate of drug-likeness (QED) is 0.592. The van der Waals surface area contributed by atoms with E-state index in [4.69, 9.17) is 9.47 Å². The van der Waals surface area contributed by atoms with E-state index in [1.807, 2.05) is 31.2 Å². The topological polar surface area (TPSA) is 35.5 Å². The zero-order valence-corrected chi connectivity index (χ0v) is 11.6. The average Bonchev–Trinajstić information content (AvgIpc) is 2.27. The van der Waals surface area contributed by atoms with Crippen molar-refractivity contribution in [2.75, 3.05) is 20.3 Å². The number of ether oxygens (including phenoxy) is 2. The number of hydrogen-bond acceptors (Lipinski definition) is 3. The summed E-state index contributed by atoms with van der Waals surface area (Å²) in [5.74, 6) is -0.000599. The molecular formula is C12H15IO3. The van der Waals surface area contributed by atoms with Crippen molar-refractivity contribution in [3.05, 3.63) is 33.4 Å². The molecule has 0 aliphatic carbocycles. The normalized spacial score (nSPS) is 12.4. The highest BCUT2D eigenvalue weighted by Gasteiger charge is 2.08. The highest BCUT2D eigenvalue weighted by molar-refractivity contribution is 14.1. The van der Waals surface area contributed by atoms with Crippen LogP contribution in [0.4, 0.5) is 0 Å². The van der Waals surface area contributed by atoms with Crippen molar-refractivity contribution in [1.82, 2.24) is 0 Å². The molecule has 88 valence electrons. The van der Waals surface area contributed by atoms with Crippen molar-refractivity contribution in [3.8, 4) is 0 Å². The van der Waals surface area contributed by atoms with E-state index in [1.165, 1.54) is 0 Å². The minimum absolute atomic E-state index is 0.000599. The molecule has 0 aliphatic heterocycles. The molecule has 1 unspecified atom stereocenters. The number of ketones is 1. The van der Waals surface area contributed by atoms with Gasteiger partial charge in [0, 0.05) is 16.2 Å². The molecule has 0 saturated heterocycles. The maximum Gasteiger partial charge on any atom is 0.188 e. The Labute approximate surface area is 109 Å². The van der Waals surface area contributed by atoms with E-state index in [-0.39, 0.29) is 18.5 Å². The second-order valence-electron chi connectivity index (χ2n) is 3.51. The minimum atomic E-state index is -0.0576. The van der Waals surface area contributed by atoms with Gasteiger partial charge in [0.1, 0.15) is 6.61 Å². The van der Waals surface area contributed by atoms with Crippen molar-refractivity contribution in [3.63, 3.8) is 0 Å². The third-order valence-electron chi connectivity index (χ3n) is 2.07. The first-order valence-corrected chi connectivity index (χ1v) is 6.10. The van der Waals surface area contributed by atoms with Crippen LogP contribution >= 0.6 is 22.6 Å². The third-order valence-corrected chi connectivity index (χ3v) is 2.79. The number of rotatable bonds is 6. The Morgan fingerprint density at radius 3 is 2.56 bits per heavy atom. The lowest BCUT2D eigenvalue weighted by Gasteiger charge is -2.11. The Morgan fingerprint density at radius 2 is 2.00 bits per heavy atom. The predicted octanol–water partition coefficient (Wildman–Crippen LogP) is 2.53. The molecule has 4 heteroatoms. The molecule has 0 spiro atoms. The maximum absolute atomic E-state index is 11.7. The zero-order valence-electron chi connectivity index (χ0n) is 9.40. The summed E-state index contributed by atoms with van der Waals surface area (Å²) in [6, 6.07) is 7.45. The van der Waals surface area contributed by atoms with Crippen LogP contribution < -0.4 is 0 Å². The highest BCUT2D eigenvalue weighted by Crippen LogP contribution is 2.08. The molecule has 0 heterocycles. The molecule has 0 saturated carbocycles. The summed E-state index contributed by atoms with van der Waals surface area (Å²) in [6.45, 7) is 2.48. The van der Waals surface area contributed by atoms with Crippen LogP contribution in [-0.4, -0.2) is 32.2 Å². The molecular weight excluding hydrogens is 319 g/mol. The van der Waals surface area contributed by atoms with Crippen LogP contribution in [0.3, 0.4) is 0 Å². The fourth-order valence-electron chi connectivity index (χ4n) is 1.22. The first kappa shape index (κ1) is 13.6. The van der Waals surface area contributed by atoms with Crippen LogP contribution in [0.15, 0.2) is 24.3 Å². The van der Waals surface area contributed by atoms with Crippen molar-refractivity contribution >= 4 is 28.4 Å². The molecule has 1 rings (SSSR count). The van der Waals surface area contributed by atoms with Crippen LogP contribution in [0.25, 0.3) is 0 Å². The molecule has 1 atom stereocenters. The second-order valence-corrected chi connectivity index (χ2v) is 4.75. The number of halogens is 1. The van der Waals surface area contributed by atoms with Crippen molar-refractivity contribution in [2.24, 2.45) is 0 Å². The standard InChI is InChI=1S/C12H15IO3/c1-9(7-15-2)16-8-12(14)10-3-5-11(13)6-4-10/h3-6,9H,7-8H2,1-2H3. The van der Waals surface area contributed by atoms with Gasteiger partial charge in [-0.15, -0.1) is 0 Å². The maximum atomic E-state index is 11.7. The Hall–Kier alpha value is -0.460. The third kappa shape index (κ3) is 4.59. The van der Waals surface area contributed by atoms with Crippen molar-refractivity contribution in [2.45, 2.75) is 13.0 Å². The van der Waals surface area contributed by atoms with E-state index in [9.17, 15) is 4.79 Å². The summed E-state index contributed by atoms with van der Waals surface area (Å²) in [5, 5.41) is 0. The van der Waals surface area contributed by atoms with E-state index in [1.54, 1.807) is 7.11 Å². The smallest absolute Gasteiger partial charge is 0.188 e. The molecule has 0 bridgehead atoms. The number of Topliss-reactive ketones (excluding diaryl/α,β-unsaturated/α-hetero) is 1. The predicted molar refractivity (Wildman–Crippen MR) is 70.8 cm³/mol. The summed E-state index contributed by atoms with van der Waals surface area (Å²) < 4.78 is 11.4. The molecule has 0 amide bonds. The Balaban J connectivity index is 2.43. The summed E-state index contributed by atoms with van der Waals surface area (Å²) in [4.78, 5) is 11.7. The lowest BCUT2D eigenvalue weighted by atomic mass is 10.1. The largest absolute Gasteiger partial charge is 0.382 e. The van der Waals surface area contributed by atoms with Gasteiger partial charge in [-0.1, -0.05) is 12.1 Å². The second kappa shape index (κ2) is 6.98. The Kier molecular flexibility index (Phi) is 5.94. The van der Waals surface area contributed by atoms with Gasteiger partial charge >= 0.3 is 0 Å². The number of methoxy groups -OCH3 is 1. The average molecular weight is 334 g/mol. The van der Waals surface area contributed by atoms with Gasteiger partial charge in [0.2, 0.25) is 0 Å². The number of carbonyl (C=O) groups is 1. The molecule has 0 radical (unpaired) electrons. The summed E-state index contributed by atoms with van der Waals surface area (Å²) in [5.41, 5.74) is 0.685. The van der Waals surface area contributed by atoms with Crippen molar-refractivity contribution < 1.29 is 14.3 Å². The van der Waals surface area contributed by atoms with Gasteiger partial charge in [0.15, 0.2) is 5.78 Å². The van der Waals surface area contributed by atoms with Gasteiger partial charge in [-0.25, -0.2) is 0 Å². The minimum Gasteiger partial charge on any atom is -0.382 e. The SMILES string of the molecule is COCC(C)OCC(=O)c1ccc(I)cc1. The number of hydrogen-bond donors (Lipinski definition) is 0. The van der Waals surface area contributed by atoms with Gasteiger partial charge in [0.05, 0.1) is 12.7 Å². The van der Waals surface area contributed by atoms with E-state index < -0.39 is 0 Å². The molecule has 0 N–H and O–H groups in total. The number of benzene rings is 1. The lowest BCUT2D eigenvalue weighted by Crippen LogP contribution is -2.19. The molecule has 1 aromatic rings. The molecule has 0 aromatic heterocycles. The van der Waals surface area contributed by atoms with Gasteiger partial charge in [0.25, 0.3) is 0 Å². The van der Waals surface area contributed by atoms with Gasteiger partial charge in [-0.05, 0) is 41.6 Å². The first-order chi connectivity index (χ1) is 7.63. The Morgan fingerprint density at radius 1 is 1.38 bits per heavy atom. The molecule has 3 nitrogen and oxygen atoms in total. The lowest BCUT2D eigenvalue weighted by molar-refractivity contribution is 0.0125. The fourth-order valence-corrected chi connectivity index (χ4v) is 1.58. The van der Waals surface area contributed by atoms with Crippen LogP contribution in [-0.2, 0) is 9.47 Å². The van der Waals surface area contributed by atoms with E-state index in [0.29, 0.717) is 12.2 Å². The van der Waals surface area contributed by atoms with Crippen LogP contribution in [0.5, 0.6) is 0 Å². The summed E-state index contributed by atoms with van der Waals surface area (Å²) in [7, 11) is 1.61. The Bertz CT molecular complexity index is 335.